The molecule has 1 aliphatic rings. The Kier molecular flexibility index (Phi) is 3.35. The van der Waals surface area contributed by atoms with Gasteiger partial charge < -0.3 is 15.4 Å². The van der Waals surface area contributed by atoms with Crippen LogP contribution in [0.25, 0.3) is 0 Å². The lowest BCUT2D eigenvalue weighted by Gasteiger charge is -2.09. The molecular weight excluding hydrogens is 212 g/mol. The predicted octanol–water partition coefficient (Wildman–Crippen LogP) is 1.06. The first kappa shape index (κ1) is 10.6. The zero-order valence-corrected chi connectivity index (χ0v) is 9.34. The SMILES string of the molecule is COC1CNC(C(=O)Nc2ccsc2)C1. The van der Waals surface area contributed by atoms with E-state index in [4.69, 9.17) is 4.74 Å². The first-order chi connectivity index (χ1) is 7.29. The van der Waals surface area contributed by atoms with Crippen LogP contribution in [0.5, 0.6) is 0 Å². The van der Waals surface area contributed by atoms with Crippen LogP contribution in [0.15, 0.2) is 16.8 Å². The zero-order chi connectivity index (χ0) is 10.7. The summed E-state index contributed by atoms with van der Waals surface area (Å²) < 4.78 is 5.19. The van der Waals surface area contributed by atoms with E-state index in [2.05, 4.69) is 10.6 Å². The third-order valence-electron chi connectivity index (χ3n) is 2.53. The van der Waals surface area contributed by atoms with Crippen molar-refractivity contribution in [1.82, 2.24) is 5.32 Å². The van der Waals surface area contributed by atoms with Gasteiger partial charge in [-0.25, -0.2) is 0 Å². The first-order valence-electron chi connectivity index (χ1n) is 4.89. The monoisotopic (exact) mass is 226 g/mol. The van der Waals surface area contributed by atoms with Gasteiger partial charge in [-0.1, -0.05) is 0 Å². The van der Waals surface area contributed by atoms with E-state index in [1.807, 2.05) is 16.8 Å². The van der Waals surface area contributed by atoms with Crippen molar-refractivity contribution < 1.29 is 9.53 Å². The molecule has 4 nitrogen and oxygen atoms in total. The fraction of sp³-hybridized carbons (Fsp3) is 0.500. The summed E-state index contributed by atoms with van der Waals surface area (Å²) in [6, 6.07) is 1.76. The van der Waals surface area contributed by atoms with Crippen molar-refractivity contribution in [3.05, 3.63) is 16.8 Å². The highest BCUT2D eigenvalue weighted by Crippen LogP contribution is 2.15. The molecule has 1 aromatic heterocycles. The minimum Gasteiger partial charge on any atom is -0.380 e. The molecule has 0 bridgehead atoms. The number of methoxy groups -OCH3 is 1. The van der Waals surface area contributed by atoms with Crippen LogP contribution in [0.1, 0.15) is 6.42 Å². The Morgan fingerprint density at radius 2 is 2.60 bits per heavy atom. The molecule has 0 radical (unpaired) electrons. The molecule has 82 valence electrons. The molecule has 1 aromatic rings. The van der Waals surface area contributed by atoms with Crippen molar-refractivity contribution in [3.8, 4) is 0 Å². The van der Waals surface area contributed by atoms with Crippen LogP contribution in [0.4, 0.5) is 5.69 Å². The highest BCUT2D eigenvalue weighted by molar-refractivity contribution is 7.08. The average molecular weight is 226 g/mol. The number of amides is 1. The minimum absolute atomic E-state index is 0.0213. The summed E-state index contributed by atoms with van der Waals surface area (Å²) in [5.74, 6) is 0.0213. The number of hydrogen-bond donors (Lipinski definition) is 2. The quantitative estimate of drug-likeness (QED) is 0.810. The van der Waals surface area contributed by atoms with Gasteiger partial charge in [0.2, 0.25) is 5.91 Å². The smallest absolute Gasteiger partial charge is 0.241 e. The Bertz CT molecular complexity index is 326. The number of carbonyl (C=O) groups excluding carboxylic acids is 1. The number of carbonyl (C=O) groups is 1. The summed E-state index contributed by atoms with van der Waals surface area (Å²) >= 11 is 1.57. The van der Waals surface area contributed by atoms with Gasteiger partial charge in [0.05, 0.1) is 17.8 Å². The van der Waals surface area contributed by atoms with Crippen LogP contribution in [-0.2, 0) is 9.53 Å². The number of thiophene rings is 1. The molecule has 2 atom stereocenters. The lowest BCUT2D eigenvalue weighted by Crippen LogP contribution is -2.35. The molecule has 1 aliphatic heterocycles. The first-order valence-corrected chi connectivity index (χ1v) is 5.83. The summed E-state index contributed by atoms with van der Waals surface area (Å²) in [7, 11) is 1.67. The average Bonchev–Trinajstić information content (AvgIpc) is 2.86. The van der Waals surface area contributed by atoms with Crippen molar-refractivity contribution >= 4 is 22.9 Å². The van der Waals surface area contributed by atoms with E-state index in [1.165, 1.54) is 0 Å². The van der Waals surface area contributed by atoms with Gasteiger partial charge in [-0.05, 0) is 17.9 Å². The van der Waals surface area contributed by atoms with Crippen LogP contribution < -0.4 is 10.6 Å². The molecule has 1 saturated heterocycles. The Hall–Kier alpha value is -0.910. The normalized spacial score (nSPS) is 25.4. The van der Waals surface area contributed by atoms with Gasteiger partial charge in [0, 0.05) is 19.0 Å². The van der Waals surface area contributed by atoms with Crippen molar-refractivity contribution in [2.75, 3.05) is 19.0 Å². The van der Waals surface area contributed by atoms with Gasteiger partial charge in [0.25, 0.3) is 0 Å². The molecule has 2 N–H and O–H groups in total. The molecule has 1 amide bonds. The van der Waals surface area contributed by atoms with Gasteiger partial charge in [-0.15, -0.1) is 0 Å². The van der Waals surface area contributed by atoms with E-state index < -0.39 is 0 Å². The Balaban J connectivity index is 1.87. The van der Waals surface area contributed by atoms with Gasteiger partial charge in [0.1, 0.15) is 0 Å². The Morgan fingerprint density at radius 3 is 3.20 bits per heavy atom. The highest BCUT2D eigenvalue weighted by atomic mass is 32.1. The van der Waals surface area contributed by atoms with E-state index in [0.717, 1.165) is 18.7 Å². The summed E-state index contributed by atoms with van der Waals surface area (Å²) in [5, 5.41) is 9.86. The van der Waals surface area contributed by atoms with Crippen LogP contribution in [0, 0.1) is 0 Å². The molecule has 5 heteroatoms. The zero-order valence-electron chi connectivity index (χ0n) is 8.53. The molecule has 0 spiro atoms. The number of anilines is 1. The molecule has 1 fully saturated rings. The summed E-state index contributed by atoms with van der Waals surface area (Å²) in [6.07, 6.45) is 0.898. The Morgan fingerprint density at radius 1 is 1.73 bits per heavy atom. The maximum absolute atomic E-state index is 11.7. The second-order valence-corrected chi connectivity index (χ2v) is 4.34. The van der Waals surface area contributed by atoms with Gasteiger partial charge in [0.15, 0.2) is 0 Å². The molecule has 0 aliphatic carbocycles. The molecule has 15 heavy (non-hydrogen) atoms. The third-order valence-corrected chi connectivity index (χ3v) is 3.21. The van der Waals surface area contributed by atoms with Crippen molar-refractivity contribution in [1.29, 1.82) is 0 Å². The lowest BCUT2D eigenvalue weighted by atomic mass is 10.2. The van der Waals surface area contributed by atoms with Crippen molar-refractivity contribution in [2.45, 2.75) is 18.6 Å². The van der Waals surface area contributed by atoms with Crippen molar-refractivity contribution in [2.24, 2.45) is 0 Å². The molecule has 2 heterocycles. The van der Waals surface area contributed by atoms with Crippen LogP contribution in [0.3, 0.4) is 0 Å². The van der Waals surface area contributed by atoms with Crippen LogP contribution in [-0.4, -0.2) is 31.7 Å². The molecule has 0 saturated carbocycles. The van der Waals surface area contributed by atoms with Crippen LogP contribution >= 0.6 is 11.3 Å². The molecular formula is C10H14N2O2S. The molecule has 2 rings (SSSR count). The standard InChI is InChI=1S/C10H14N2O2S/c1-14-8-4-9(11-5-8)10(13)12-7-2-3-15-6-7/h2-3,6,8-9,11H,4-5H2,1H3,(H,12,13). The van der Waals surface area contributed by atoms with Crippen molar-refractivity contribution in [3.63, 3.8) is 0 Å². The molecule has 0 aromatic carbocycles. The topological polar surface area (TPSA) is 50.4 Å². The molecule has 2 unspecified atom stereocenters. The van der Waals surface area contributed by atoms with Gasteiger partial charge >= 0.3 is 0 Å². The maximum atomic E-state index is 11.7. The fourth-order valence-corrected chi connectivity index (χ4v) is 2.24. The number of hydrogen-bond acceptors (Lipinski definition) is 4. The fourth-order valence-electron chi connectivity index (χ4n) is 1.65. The van der Waals surface area contributed by atoms with E-state index in [-0.39, 0.29) is 18.1 Å². The second-order valence-electron chi connectivity index (χ2n) is 3.56. The summed E-state index contributed by atoms with van der Waals surface area (Å²) in [6.45, 7) is 0.748. The van der Waals surface area contributed by atoms with E-state index in [1.54, 1.807) is 18.4 Å². The second kappa shape index (κ2) is 4.74. The van der Waals surface area contributed by atoms with E-state index >= 15 is 0 Å². The van der Waals surface area contributed by atoms with Gasteiger partial charge in [-0.3, -0.25) is 4.79 Å². The highest BCUT2D eigenvalue weighted by Gasteiger charge is 2.29. The number of nitrogens with one attached hydrogen (secondary N) is 2. The third kappa shape index (κ3) is 2.56. The summed E-state index contributed by atoms with van der Waals surface area (Å²) in [5.41, 5.74) is 0.868. The van der Waals surface area contributed by atoms with Gasteiger partial charge in [-0.2, -0.15) is 11.3 Å². The Labute approximate surface area is 92.6 Å². The van der Waals surface area contributed by atoms with E-state index in [9.17, 15) is 4.79 Å². The largest absolute Gasteiger partial charge is 0.380 e. The lowest BCUT2D eigenvalue weighted by molar-refractivity contribution is -0.118. The number of ether oxygens (including phenoxy) is 1. The predicted molar refractivity (Wildman–Crippen MR) is 60.2 cm³/mol. The maximum Gasteiger partial charge on any atom is 0.241 e. The minimum atomic E-state index is -0.130. The van der Waals surface area contributed by atoms with E-state index in [0.29, 0.717) is 0 Å². The summed E-state index contributed by atoms with van der Waals surface area (Å²) in [4.78, 5) is 11.7. The number of rotatable bonds is 3. The van der Waals surface area contributed by atoms with Crippen LogP contribution in [0.2, 0.25) is 0 Å².